The van der Waals surface area contributed by atoms with Gasteiger partial charge in [0.05, 0.1) is 17.0 Å². The number of furan rings is 1. The van der Waals surface area contributed by atoms with Crippen molar-refractivity contribution in [3.63, 3.8) is 0 Å². The predicted molar refractivity (Wildman–Crippen MR) is 93.0 cm³/mol. The second-order valence-corrected chi connectivity index (χ2v) is 6.27. The van der Waals surface area contributed by atoms with Gasteiger partial charge in [0, 0.05) is 0 Å². The molecule has 1 N–H and O–H groups in total. The molecule has 0 aliphatic carbocycles. The average molecular weight is 406 g/mol. The van der Waals surface area contributed by atoms with E-state index in [1.54, 1.807) is 24.3 Å². The molecule has 0 bridgehead atoms. The summed E-state index contributed by atoms with van der Waals surface area (Å²) in [4.78, 5) is 9.68. The zero-order chi connectivity index (χ0) is 17.4. The Kier molecular flexibility index (Phi) is 4.04. The number of hydrogen-bond donors (Lipinski definition) is 1. The molecular weight excluding hydrogens is 393 g/mol. The van der Waals surface area contributed by atoms with Crippen LogP contribution in [0.2, 0.25) is 0 Å². The van der Waals surface area contributed by atoms with E-state index in [1.165, 1.54) is 13.2 Å². The van der Waals surface area contributed by atoms with Crippen LogP contribution in [0.5, 0.6) is 5.88 Å². The van der Waals surface area contributed by atoms with Crippen LogP contribution in [0.25, 0.3) is 11.0 Å². The van der Waals surface area contributed by atoms with Crippen molar-refractivity contribution in [2.75, 3.05) is 13.7 Å². The molecule has 0 fully saturated rings. The highest BCUT2D eigenvalue weighted by molar-refractivity contribution is 9.10. The summed E-state index contributed by atoms with van der Waals surface area (Å²) in [5.41, 5.74) is 1.05. The second kappa shape index (κ2) is 6.36. The van der Waals surface area contributed by atoms with Crippen molar-refractivity contribution in [2.45, 2.75) is 6.04 Å². The van der Waals surface area contributed by atoms with E-state index in [-0.39, 0.29) is 18.5 Å². The molecule has 3 heterocycles. The van der Waals surface area contributed by atoms with Crippen molar-refractivity contribution >= 4 is 32.7 Å². The van der Waals surface area contributed by atoms with Gasteiger partial charge in [0.15, 0.2) is 5.84 Å². The lowest BCUT2D eigenvalue weighted by atomic mass is 10.2. The van der Waals surface area contributed by atoms with Gasteiger partial charge in [-0.25, -0.2) is 9.37 Å². The number of rotatable bonds is 3. The topological polar surface area (TPSA) is 68.9 Å². The Morgan fingerprint density at radius 2 is 2.20 bits per heavy atom. The molecule has 3 aromatic rings. The minimum Gasteiger partial charge on any atom is -0.480 e. The molecule has 0 radical (unpaired) electrons. The zero-order valence-electron chi connectivity index (χ0n) is 13.1. The summed E-state index contributed by atoms with van der Waals surface area (Å²) in [5.74, 6) is 1.13. The van der Waals surface area contributed by atoms with Gasteiger partial charge in [0.2, 0.25) is 5.88 Å². The molecule has 4 rings (SSSR count). The molecule has 1 atom stereocenters. The van der Waals surface area contributed by atoms with E-state index in [0.717, 1.165) is 4.47 Å². The lowest BCUT2D eigenvalue weighted by Gasteiger charge is -2.22. The molecule has 25 heavy (non-hydrogen) atoms. The van der Waals surface area contributed by atoms with E-state index in [4.69, 9.17) is 14.0 Å². The fraction of sp³-hybridized carbons (Fsp3) is 0.176. The molecule has 1 aliphatic rings. The number of amidine groups is 1. The summed E-state index contributed by atoms with van der Waals surface area (Å²) in [7, 11) is 1.54. The van der Waals surface area contributed by atoms with E-state index >= 15 is 0 Å². The molecule has 128 valence electrons. The first-order valence-electron chi connectivity index (χ1n) is 7.51. The van der Waals surface area contributed by atoms with Crippen LogP contribution >= 0.6 is 15.9 Å². The van der Waals surface area contributed by atoms with Gasteiger partial charge in [-0.2, -0.15) is 0 Å². The van der Waals surface area contributed by atoms with Crippen LogP contribution in [-0.4, -0.2) is 24.5 Å². The Labute approximate surface area is 150 Å². The van der Waals surface area contributed by atoms with Crippen molar-refractivity contribution in [1.82, 2.24) is 10.3 Å². The molecule has 6 nitrogen and oxygen atoms in total. The lowest BCUT2D eigenvalue weighted by Crippen LogP contribution is -2.36. The van der Waals surface area contributed by atoms with Gasteiger partial charge in [-0.3, -0.25) is 0 Å². The lowest BCUT2D eigenvalue weighted by molar-refractivity contribution is 0.103. The van der Waals surface area contributed by atoms with Gasteiger partial charge in [-0.1, -0.05) is 11.2 Å². The van der Waals surface area contributed by atoms with E-state index < -0.39 is 0 Å². The van der Waals surface area contributed by atoms with Crippen molar-refractivity contribution < 1.29 is 18.4 Å². The fourth-order valence-electron chi connectivity index (χ4n) is 2.60. The van der Waals surface area contributed by atoms with Crippen LogP contribution in [0.1, 0.15) is 17.5 Å². The van der Waals surface area contributed by atoms with Gasteiger partial charge in [0.1, 0.15) is 35.5 Å². The number of benzene rings is 1. The largest absolute Gasteiger partial charge is 0.480 e. The molecule has 0 amide bonds. The molecule has 1 aromatic carbocycles. The SMILES string of the molecule is COc1nc(C2=NOCC(c3cc4c(F)cccc4o3)N2)ccc1Br. The normalized spacial score (nSPS) is 16.9. The van der Waals surface area contributed by atoms with Gasteiger partial charge in [-0.05, 0) is 46.3 Å². The molecule has 2 aromatic heterocycles. The summed E-state index contributed by atoms with van der Waals surface area (Å²) in [6.07, 6.45) is 0. The molecule has 1 aliphatic heterocycles. The van der Waals surface area contributed by atoms with Crippen molar-refractivity contribution in [3.8, 4) is 5.88 Å². The Balaban J connectivity index is 1.63. The monoisotopic (exact) mass is 405 g/mol. The Morgan fingerprint density at radius 3 is 3.00 bits per heavy atom. The van der Waals surface area contributed by atoms with E-state index in [1.807, 2.05) is 6.07 Å². The van der Waals surface area contributed by atoms with Crippen LogP contribution in [0.15, 0.2) is 50.4 Å². The highest BCUT2D eigenvalue weighted by Crippen LogP contribution is 2.28. The Hall–Kier alpha value is -2.61. The van der Waals surface area contributed by atoms with Gasteiger partial charge >= 0.3 is 0 Å². The molecule has 0 saturated heterocycles. The molecule has 1 unspecified atom stereocenters. The number of nitrogens with one attached hydrogen (secondary N) is 1. The zero-order valence-corrected chi connectivity index (χ0v) is 14.7. The van der Waals surface area contributed by atoms with Crippen molar-refractivity contribution in [2.24, 2.45) is 5.16 Å². The minimum atomic E-state index is -0.322. The maximum atomic E-state index is 13.9. The molecule has 0 spiro atoms. The summed E-state index contributed by atoms with van der Waals surface area (Å²) in [5, 5.41) is 7.66. The Bertz CT molecular complexity index is 973. The van der Waals surface area contributed by atoms with Gasteiger partial charge in [0.25, 0.3) is 0 Å². The third kappa shape index (κ3) is 2.93. The number of halogens is 2. The number of methoxy groups -OCH3 is 1. The summed E-state index contributed by atoms with van der Waals surface area (Å²) >= 11 is 3.36. The number of oxime groups is 1. The first kappa shape index (κ1) is 15.9. The van der Waals surface area contributed by atoms with Crippen LogP contribution in [-0.2, 0) is 4.84 Å². The number of hydrogen-bond acceptors (Lipinski definition) is 6. The van der Waals surface area contributed by atoms with Gasteiger partial charge in [-0.15, -0.1) is 0 Å². The van der Waals surface area contributed by atoms with Crippen LogP contribution < -0.4 is 10.1 Å². The summed E-state index contributed by atoms with van der Waals surface area (Å²) < 4.78 is 25.5. The first-order valence-corrected chi connectivity index (χ1v) is 8.30. The van der Waals surface area contributed by atoms with E-state index in [0.29, 0.717) is 34.1 Å². The van der Waals surface area contributed by atoms with Crippen LogP contribution in [0.3, 0.4) is 0 Å². The van der Waals surface area contributed by atoms with E-state index in [2.05, 4.69) is 31.4 Å². The maximum absolute atomic E-state index is 13.9. The van der Waals surface area contributed by atoms with Crippen molar-refractivity contribution in [1.29, 1.82) is 0 Å². The van der Waals surface area contributed by atoms with Gasteiger partial charge < -0.3 is 19.3 Å². The molecule has 8 heteroatoms. The second-order valence-electron chi connectivity index (χ2n) is 5.42. The third-order valence-corrected chi connectivity index (χ3v) is 4.43. The predicted octanol–water partition coefficient (Wildman–Crippen LogP) is 3.76. The molecule has 0 saturated carbocycles. The third-order valence-electron chi connectivity index (χ3n) is 3.83. The fourth-order valence-corrected chi connectivity index (χ4v) is 2.98. The smallest absolute Gasteiger partial charge is 0.228 e. The number of aromatic nitrogens is 1. The van der Waals surface area contributed by atoms with Crippen LogP contribution in [0, 0.1) is 5.82 Å². The maximum Gasteiger partial charge on any atom is 0.228 e. The number of pyridine rings is 1. The number of nitrogens with zero attached hydrogens (tertiary/aromatic N) is 2. The quantitative estimate of drug-likeness (QED) is 0.718. The highest BCUT2D eigenvalue weighted by Gasteiger charge is 2.25. The van der Waals surface area contributed by atoms with Crippen LogP contribution in [0.4, 0.5) is 4.39 Å². The number of fused-ring (bicyclic) bond motifs is 1. The molecular formula is C17H13BrFN3O3. The van der Waals surface area contributed by atoms with Crippen molar-refractivity contribution in [3.05, 3.63) is 58.1 Å². The standard InChI is InChI=1S/C17H13BrFN3O3/c1-23-17-10(18)5-6-12(21-17)16-20-13(8-24-22-16)15-7-9-11(19)3-2-4-14(9)25-15/h2-7,13H,8H2,1H3,(H,20,22). The van der Waals surface area contributed by atoms with E-state index in [9.17, 15) is 4.39 Å². The minimum absolute atomic E-state index is 0.263. The average Bonchev–Trinajstić information content (AvgIpc) is 3.08. The Morgan fingerprint density at radius 1 is 1.32 bits per heavy atom. The summed E-state index contributed by atoms with van der Waals surface area (Å²) in [6, 6.07) is 9.69. The number of ether oxygens (including phenoxy) is 1. The highest BCUT2D eigenvalue weighted by atomic mass is 79.9. The first-order chi connectivity index (χ1) is 12.2. The summed E-state index contributed by atoms with van der Waals surface area (Å²) in [6.45, 7) is 0.263.